The first-order chi connectivity index (χ1) is 9.20. The monoisotopic (exact) mass is 312 g/mol. The fourth-order valence-electron chi connectivity index (χ4n) is 1.44. The van der Waals surface area contributed by atoms with Crippen molar-refractivity contribution in [2.24, 2.45) is 0 Å². The van der Waals surface area contributed by atoms with Gasteiger partial charge in [0.2, 0.25) is 0 Å². The molecule has 0 heterocycles. The Morgan fingerprint density at radius 2 is 0.762 bits per heavy atom. The molecule has 0 bridgehead atoms. The van der Waals surface area contributed by atoms with Gasteiger partial charge in [0.05, 0.1) is 23.9 Å². The van der Waals surface area contributed by atoms with Gasteiger partial charge in [-0.3, -0.25) is 9.80 Å². The Morgan fingerprint density at radius 1 is 0.571 bits per heavy atom. The van der Waals surface area contributed by atoms with Gasteiger partial charge in [-0.1, -0.05) is 0 Å². The van der Waals surface area contributed by atoms with Crippen LogP contribution in [0, 0.1) is 0 Å². The summed E-state index contributed by atoms with van der Waals surface area (Å²) in [5.41, 5.74) is 0. The van der Waals surface area contributed by atoms with Gasteiger partial charge in [-0.15, -0.1) is 0 Å². The van der Waals surface area contributed by atoms with Gasteiger partial charge in [0, 0.05) is 39.3 Å². The van der Waals surface area contributed by atoms with Crippen molar-refractivity contribution in [3.63, 3.8) is 0 Å². The summed E-state index contributed by atoms with van der Waals surface area (Å²) in [6.45, 7) is -3.25. The van der Waals surface area contributed by atoms with Crippen LogP contribution in [0.1, 0.15) is 0 Å². The Kier molecular flexibility index (Phi) is 11.7. The number of carbonyl (C=O) groups is 4. The molecule has 0 aliphatic heterocycles. The van der Waals surface area contributed by atoms with E-state index in [0.29, 0.717) is 0 Å². The average molecular weight is 313 g/mol. The quantitative estimate of drug-likeness (QED) is 0.334. The Morgan fingerprint density at radius 3 is 0.905 bits per heavy atom. The second-order valence-corrected chi connectivity index (χ2v) is 3.91. The first-order valence-electron chi connectivity index (χ1n) is 5.44. The molecule has 0 aromatic rings. The van der Waals surface area contributed by atoms with Crippen LogP contribution in [0.15, 0.2) is 0 Å². The predicted molar refractivity (Wildman–Crippen MR) is 58.7 cm³/mol. The van der Waals surface area contributed by atoms with Crippen molar-refractivity contribution in [2.45, 2.75) is 0 Å². The fourth-order valence-corrected chi connectivity index (χ4v) is 1.44. The molecule has 0 rings (SSSR count). The van der Waals surface area contributed by atoms with Gasteiger partial charge in [0.15, 0.2) is 0 Å². The van der Waals surface area contributed by atoms with Crippen LogP contribution in [0.2, 0.25) is 0 Å². The SMILES string of the molecule is O=C([O-])CN(CCN(CC(=O)[O-])CC(=O)[O-])CC(=O)[O-].[Mg+2]. The molecule has 0 aliphatic carbocycles. The number of rotatable bonds is 11. The van der Waals surface area contributed by atoms with E-state index in [1.807, 2.05) is 0 Å². The summed E-state index contributed by atoms with van der Waals surface area (Å²) in [6, 6.07) is 0. The molecule has 0 saturated carbocycles. The van der Waals surface area contributed by atoms with E-state index in [4.69, 9.17) is 0 Å². The minimum absolute atomic E-state index is 0. The minimum atomic E-state index is -1.53. The van der Waals surface area contributed by atoms with Gasteiger partial charge in [-0.05, 0) is 0 Å². The van der Waals surface area contributed by atoms with Gasteiger partial charge in [-0.2, -0.15) is 0 Å². The zero-order chi connectivity index (χ0) is 15.7. The van der Waals surface area contributed by atoms with E-state index in [2.05, 4.69) is 0 Å². The summed E-state index contributed by atoms with van der Waals surface area (Å²) in [6.07, 6.45) is 0. The van der Waals surface area contributed by atoms with Crippen molar-refractivity contribution >= 4 is 46.9 Å². The molecule has 0 amide bonds. The maximum absolute atomic E-state index is 10.4. The molecule has 0 spiro atoms. The molecule has 0 aromatic heterocycles. The third kappa shape index (κ3) is 13.3. The van der Waals surface area contributed by atoms with Crippen LogP contribution in [0.4, 0.5) is 0 Å². The van der Waals surface area contributed by atoms with Crippen molar-refractivity contribution < 1.29 is 39.6 Å². The van der Waals surface area contributed by atoms with Crippen LogP contribution in [-0.4, -0.2) is 96.0 Å². The first kappa shape index (κ1) is 21.9. The topological polar surface area (TPSA) is 167 Å². The molecule has 0 saturated heterocycles. The van der Waals surface area contributed by atoms with E-state index in [9.17, 15) is 39.6 Å². The average Bonchev–Trinajstić information content (AvgIpc) is 2.22. The van der Waals surface area contributed by atoms with Crippen molar-refractivity contribution in [1.82, 2.24) is 9.80 Å². The van der Waals surface area contributed by atoms with Gasteiger partial charge < -0.3 is 39.6 Å². The summed E-state index contributed by atoms with van der Waals surface area (Å²) in [7, 11) is 0. The zero-order valence-electron chi connectivity index (χ0n) is 11.1. The van der Waals surface area contributed by atoms with Gasteiger partial charge in [-0.25, -0.2) is 0 Å². The van der Waals surface area contributed by atoms with E-state index in [1.165, 1.54) is 0 Å². The number of hydrogen-bond acceptors (Lipinski definition) is 10. The molecule has 0 fully saturated rings. The minimum Gasteiger partial charge on any atom is -0.549 e. The fraction of sp³-hybridized carbons (Fsp3) is 0.600. The summed E-state index contributed by atoms with van der Waals surface area (Å²) in [4.78, 5) is 43.4. The molecular formula is C10H12MgN2O8-2. The van der Waals surface area contributed by atoms with E-state index in [-0.39, 0.29) is 36.1 Å². The largest absolute Gasteiger partial charge is 2.00 e. The first-order valence-corrected chi connectivity index (χ1v) is 5.44. The maximum atomic E-state index is 10.4. The van der Waals surface area contributed by atoms with Crippen molar-refractivity contribution in [2.75, 3.05) is 39.3 Å². The summed E-state index contributed by atoms with van der Waals surface area (Å²) < 4.78 is 0. The number of nitrogens with zero attached hydrogens (tertiary/aromatic N) is 2. The normalized spacial score (nSPS) is 10.2. The van der Waals surface area contributed by atoms with Crippen molar-refractivity contribution in [3.8, 4) is 0 Å². The summed E-state index contributed by atoms with van der Waals surface area (Å²) in [5.74, 6) is -6.12. The molecule has 21 heavy (non-hydrogen) atoms. The molecule has 0 atom stereocenters. The molecule has 11 heteroatoms. The van der Waals surface area contributed by atoms with Crippen LogP contribution in [0.5, 0.6) is 0 Å². The third-order valence-electron chi connectivity index (χ3n) is 2.14. The Labute approximate surface area is 136 Å². The van der Waals surface area contributed by atoms with Crippen molar-refractivity contribution in [3.05, 3.63) is 0 Å². The zero-order valence-corrected chi connectivity index (χ0v) is 12.5. The summed E-state index contributed by atoms with van der Waals surface area (Å²) in [5, 5.41) is 41.6. The molecule has 0 radical (unpaired) electrons. The van der Waals surface area contributed by atoms with Crippen LogP contribution in [0.3, 0.4) is 0 Å². The van der Waals surface area contributed by atoms with Crippen LogP contribution >= 0.6 is 0 Å². The standard InChI is InChI=1S/C10H16N2O8.Mg/c13-7(14)3-11(4-8(15)16)1-2-12(5-9(17)18)6-10(19)20;/h1-6H2,(H,13,14)(H,15,16)(H,17,18)(H,19,20);/q;+2/p-4. The van der Waals surface area contributed by atoms with Gasteiger partial charge >= 0.3 is 23.1 Å². The van der Waals surface area contributed by atoms with Crippen molar-refractivity contribution in [1.29, 1.82) is 0 Å². The molecular weight excluding hydrogens is 300 g/mol. The number of carboxylic acid groups (broad SMARTS) is 4. The maximum Gasteiger partial charge on any atom is 2.00 e. The number of aliphatic carboxylic acids is 4. The molecule has 0 N–H and O–H groups in total. The van der Waals surface area contributed by atoms with Gasteiger partial charge in [0.1, 0.15) is 0 Å². The number of hydrogen-bond donors (Lipinski definition) is 0. The number of carboxylic acids is 4. The molecule has 10 nitrogen and oxygen atoms in total. The van der Waals surface area contributed by atoms with Crippen LogP contribution in [0.25, 0.3) is 0 Å². The Balaban J connectivity index is 0. The smallest absolute Gasteiger partial charge is 0.549 e. The molecule has 0 aromatic carbocycles. The van der Waals surface area contributed by atoms with E-state index in [0.717, 1.165) is 9.80 Å². The van der Waals surface area contributed by atoms with E-state index >= 15 is 0 Å². The second kappa shape index (κ2) is 11.3. The predicted octanol–water partition coefficient (Wildman–Crippen LogP) is -7.79. The van der Waals surface area contributed by atoms with E-state index in [1.54, 1.807) is 0 Å². The molecule has 0 unspecified atom stereocenters. The van der Waals surface area contributed by atoms with Crippen LogP contribution in [-0.2, 0) is 19.2 Å². The number of carbonyl (C=O) groups excluding carboxylic acids is 4. The molecule has 114 valence electrons. The van der Waals surface area contributed by atoms with E-state index < -0.39 is 50.1 Å². The van der Waals surface area contributed by atoms with Crippen LogP contribution < -0.4 is 20.4 Å². The summed E-state index contributed by atoms with van der Waals surface area (Å²) >= 11 is 0. The second-order valence-electron chi connectivity index (χ2n) is 3.91. The third-order valence-corrected chi connectivity index (χ3v) is 2.14. The molecule has 0 aliphatic rings. The Hall–Kier alpha value is -1.43. The Bertz CT molecular complexity index is 321. The van der Waals surface area contributed by atoms with Gasteiger partial charge in [0.25, 0.3) is 0 Å².